The van der Waals surface area contributed by atoms with E-state index in [1.165, 1.54) is 5.56 Å². The van der Waals surface area contributed by atoms with E-state index < -0.39 is 11.3 Å². The van der Waals surface area contributed by atoms with Gasteiger partial charge in [-0.1, -0.05) is 45.0 Å². The minimum absolute atomic E-state index is 0.0960. The number of nitrogens with two attached hydrogens (primary N) is 1. The first kappa shape index (κ1) is 14.5. The van der Waals surface area contributed by atoms with E-state index in [-0.39, 0.29) is 5.41 Å². The van der Waals surface area contributed by atoms with Gasteiger partial charge in [-0.15, -0.1) is 0 Å². The van der Waals surface area contributed by atoms with Crippen LogP contribution in [0, 0.1) is 0 Å². The predicted molar refractivity (Wildman–Crippen MR) is 76.6 cm³/mol. The van der Waals surface area contributed by atoms with Gasteiger partial charge in [0.05, 0.1) is 0 Å². The lowest BCUT2D eigenvalue weighted by molar-refractivity contribution is -0.188. The van der Waals surface area contributed by atoms with Gasteiger partial charge < -0.3 is 15.9 Å². The Morgan fingerprint density at radius 1 is 1.05 bits per heavy atom. The number of aliphatic hydroxyl groups is 2. The third kappa shape index (κ3) is 3.16. The monoisotopic (exact) mass is 263 g/mol. The number of rotatable bonds is 1. The standard InChI is InChI=1S/C16H25NO2/c1-14(2,3)12-5-4-6-13(11-12)15(17)7-9-16(18,19)10-8-15/h4-6,11,18-19H,7-10,17H2,1-3H3. The van der Waals surface area contributed by atoms with Crippen molar-refractivity contribution in [3.63, 3.8) is 0 Å². The summed E-state index contributed by atoms with van der Waals surface area (Å²) < 4.78 is 0. The molecule has 19 heavy (non-hydrogen) atoms. The van der Waals surface area contributed by atoms with Crippen molar-refractivity contribution in [3.8, 4) is 0 Å². The average Bonchev–Trinajstić information content (AvgIpc) is 2.33. The van der Waals surface area contributed by atoms with Crippen LogP contribution in [-0.4, -0.2) is 16.0 Å². The van der Waals surface area contributed by atoms with Crippen molar-refractivity contribution >= 4 is 0 Å². The molecule has 0 spiro atoms. The minimum Gasteiger partial charge on any atom is -0.366 e. The normalized spacial score (nSPS) is 22.2. The average molecular weight is 263 g/mol. The van der Waals surface area contributed by atoms with Gasteiger partial charge in [0.15, 0.2) is 5.79 Å². The molecule has 0 heterocycles. The van der Waals surface area contributed by atoms with E-state index >= 15 is 0 Å². The van der Waals surface area contributed by atoms with Crippen LogP contribution in [0.4, 0.5) is 0 Å². The van der Waals surface area contributed by atoms with E-state index in [1.54, 1.807) is 0 Å². The van der Waals surface area contributed by atoms with E-state index in [0.29, 0.717) is 25.7 Å². The molecular weight excluding hydrogens is 238 g/mol. The first-order valence-electron chi connectivity index (χ1n) is 6.97. The van der Waals surface area contributed by atoms with Crippen LogP contribution in [0.25, 0.3) is 0 Å². The van der Waals surface area contributed by atoms with Crippen molar-refractivity contribution in [2.45, 2.75) is 63.2 Å². The molecule has 0 saturated heterocycles. The van der Waals surface area contributed by atoms with Crippen molar-refractivity contribution in [2.75, 3.05) is 0 Å². The molecule has 1 aromatic carbocycles. The molecule has 0 amide bonds. The number of hydrogen-bond acceptors (Lipinski definition) is 3. The van der Waals surface area contributed by atoms with Gasteiger partial charge in [0, 0.05) is 18.4 Å². The molecule has 1 saturated carbocycles. The molecule has 0 aliphatic heterocycles. The molecule has 0 atom stereocenters. The summed E-state index contributed by atoms with van der Waals surface area (Å²) in [6.07, 6.45) is 1.88. The Morgan fingerprint density at radius 2 is 1.63 bits per heavy atom. The first-order valence-corrected chi connectivity index (χ1v) is 6.97. The van der Waals surface area contributed by atoms with Crippen LogP contribution < -0.4 is 5.73 Å². The summed E-state index contributed by atoms with van der Waals surface area (Å²) >= 11 is 0. The molecule has 0 unspecified atom stereocenters. The summed E-state index contributed by atoms with van der Waals surface area (Å²) in [5.41, 5.74) is 8.52. The van der Waals surface area contributed by atoms with Crippen molar-refractivity contribution in [3.05, 3.63) is 35.4 Å². The van der Waals surface area contributed by atoms with E-state index in [2.05, 4.69) is 39.0 Å². The minimum atomic E-state index is -1.54. The molecule has 0 aromatic heterocycles. The zero-order valence-electron chi connectivity index (χ0n) is 12.1. The van der Waals surface area contributed by atoms with Gasteiger partial charge in [-0.2, -0.15) is 0 Å². The van der Waals surface area contributed by atoms with Gasteiger partial charge in [-0.05, 0) is 29.4 Å². The molecule has 0 bridgehead atoms. The van der Waals surface area contributed by atoms with E-state index in [4.69, 9.17) is 5.73 Å². The van der Waals surface area contributed by atoms with Crippen LogP contribution in [0.15, 0.2) is 24.3 Å². The quantitative estimate of drug-likeness (QED) is 0.682. The van der Waals surface area contributed by atoms with E-state index in [9.17, 15) is 10.2 Å². The van der Waals surface area contributed by atoms with E-state index in [1.807, 2.05) is 6.07 Å². The lowest BCUT2D eigenvalue weighted by atomic mass is 9.74. The Hall–Kier alpha value is -0.900. The van der Waals surface area contributed by atoms with Crippen molar-refractivity contribution in [1.82, 2.24) is 0 Å². The maximum absolute atomic E-state index is 9.64. The summed E-state index contributed by atoms with van der Waals surface area (Å²) in [7, 11) is 0. The maximum atomic E-state index is 9.64. The van der Waals surface area contributed by atoms with Crippen molar-refractivity contribution in [2.24, 2.45) is 5.73 Å². The summed E-state index contributed by atoms with van der Waals surface area (Å²) in [6, 6.07) is 8.39. The number of benzene rings is 1. The second kappa shape index (κ2) is 4.58. The van der Waals surface area contributed by atoms with Crippen LogP contribution in [0.5, 0.6) is 0 Å². The highest BCUT2D eigenvalue weighted by atomic mass is 16.5. The van der Waals surface area contributed by atoms with Gasteiger partial charge in [0.25, 0.3) is 0 Å². The summed E-state index contributed by atoms with van der Waals surface area (Å²) in [6.45, 7) is 6.55. The molecule has 106 valence electrons. The second-order valence-electron chi connectivity index (χ2n) is 6.97. The largest absolute Gasteiger partial charge is 0.366 e. The van der Waals surface area contributed by atoms with Crippen molar-refractivity contribution < 1.29 is 10.2 Å². The molecule has 2 rings (SSSR count). The Balaban J connectivity index is 2.27. The lowest BCUT2D eigenvalue weighted by Crippen LogP contribution is -2.46. The fraction of sp³-hybridized carbons (Fsp3) is 0.625. The third-order valence-corrected chi connectivity index (χ3v) is 4.25. The van der Waals surface area contributed by atoms with Gasteiger partial charge in [0.1, 0.15) is 0 Å². The molecular formula is C16H25NO2. The zero-order chi connectivity index (χ0) is 14.3. The van der Waals surface area contributed by atoms with Crippen LogP contribution in [0.2, 0.25) is 0 Å². The molecule has 1 aliphatic rings. The molecule has 0 radical (unpaired) electrons. The third-order valence-electron chi connectivity index (χ3n) is 4.25. The zero-order valence-corrected chi connectivity index (χ0v) is 12.1. The predicted octanol–water partition coefficient (Wildman–Crippen LogP) is 2.39. The highest BCUT2D eigenvalue weighted by Gasteiger charge is 2.39. The summed E-state index contributed by atoms with van der Waals surface area (Å²) in [5, 5.41) is 19.3. The molecule has 3 heteroatoms. The summed E-state index contributed by atoms with van der Waals surface area (Å²) in [5.74, 6) is -1.54. The fourth-order valence-corrected chi connectivity index (χ4v) is 2.68. The van der Waals surface area contributed by atoms with E-state index in [0.717, 1.165) is 5.56 Å². The Morgan fingerprint density at radius 3 is 2.16 bits per heavy atom. The Kier molecular flexibility index (Phi) is 3.50. The maximum Gasteiger partial charge on any atom is 0.162 e. The lowest BCUT2D eigenvalue weighted by Gasteiger charge is -2.40. The second-order valence-corrected chi connectivity index (χ2v) is 6.97. The molecule has 1 aliphatic carbocycles. The molecule has 3 nitrogen and oxygen atoms in total. The van der Waals surface area contributed by atoms with Gasteiger partial charge in [-0.3, -0.25) is 0 Å². The smallest absolute Gasteiger partial charge is 0.162 e. The topological polar surface area (TPSA) is 66.5 Å². The van der Waals surface area contributed by atoms with Gasteiger partial charge in [-0.25, -0.2) is 0 Å². The number of hydrogen-bond donors (Lipinski definition) is 3. The fourth-order valence-electron chi connectivity index (χ4n) is 2.68. The molecule has 4 N–H and O–H groups in total. The van der Waals surface area contributed by atoms with Crippen LogP contribution >= 0.6 is 0 Å². The highest BCUT2D eigenvalue weighted by molar-refractivity contribution is 5.33. The van der Waals surface area contributed by atoms with Gasteiger partial charge in [0.2, 0.25) is 0 Å². The van der Waals surface area contributed by atoms with Crippen LogP contribution in [-0.2, 0) is 11.0 Å². The first-order chi connectivity index (χ1) is 8.62. The molecule has 1 aromatic rings. The van der Waals surface area contributed by atoms with Crippen LogP contribution in [0.3, 0.4) is 0 Å². The Bertz CT molecular complexity index is 450. The van der Waals surface area contributed by atoms with Crippen LogP contribution in [0.1, 0.15) is 57.6 Å². The Labute approximate surface area is 115 Å². The summed E-state index contributed by atoms with van der Waals surface area (Å²) in [4.78, 5) is 0. The van der Waals surface area contributed by atoms with Gasteiger partial charge >= 0.3 is 0 Å². The SMILES string of the molecule is CC(C)(C)c1cccc(C2(N)CCC(O)(O)CC2)c1. The molecule has 1 fully saturated rings. The van der Waals surface area contributed by atoms with Crippen molar-refractivity contribution in [1.29, 1.82) is 0 Å². The highest BCUT2D eigenvalue weighted by Crippen LogP contribution is 2.39.